The Labute approximate surface area is 113 Å². The van der Waals surface area contributed by atoms with E-state index in [0.29, 0.717) is 10.7 Å². The van der Waals surface area contributed by atoms with E-state index >= 15 is 0 Å². The Morgan fingerprint density at radius 1 is 1.28 bits per heavy atom. The third-order valence-corrected chi connectivity index (χ3v) is 3.87. The molecule has 98 valence electrons. The Balaban J connectivity index is 2.09. The third-order valence-electron chi connectivity index (χ3n) is 3.54. The number of nitrogens with one attached hydrogen (secondary N) is 1. The van der Waals surface area contributed by atoms with Crippen molar-refractivity contribution < 1.29 is 4.79 Å². The van der Waals surface area contributed by atoms with Crippen LogP contribution in [0.25, 0.3) is 0 Å². The van der Waals surface area contributed by atoms with Crippen LogP contribution in [0.4, 0.5) is 10.5 Å². The second-order valence-electron chi connectivity index (χ2n) is 4.95. The minimum atomic E-state index is -0.0530. The first-order chi connectivity index (χ1) is 8.59. The van der Waals surface area contributed by atoms with Gasteiger partial charge in [-0.15, -0.1) is 0 Å². The number of anilines is 1. The largest absolute Gasteiger partial charge is 0.322 e. The fourth-order valence-corrected chi connectivity index (χ4v) is 2.75. The monoisotopic (exact) mass is 266 g/mol. The summed E-state index contributed by atoms with van der Waals surface area (Å²) in [6, 6.07) is 7.84. The number of urea groups is 1. The molecule has 1 heterocycles. The molecule has 0 spiro atoms. The lowest BCUT2D eigenvalue weighted by molar-refractivity contribution is 0.133. The van der Waals surface area contributed by atoms with Crippen LogP contribution in [-0.4, -0.2) is 23.0 Å². The van der Waals surface area contributed by atoms with Gasteiger partial charge in [-0.25, -0.2) is 4.79 Å². The summed E-state index contributed by atoms with van der Waals surface area (Å²) in [6.07, 6.45) is 3.33. The summed E-state index contributed by atoms with van der Waals surface area (Å²) in [5, 5.41) is 3.47. The molecule has 2 atom stereocenters. The summed E-state index contributed by atoms with van der Waals surface area (Å²) in [4.78, 5) is 14.2. The van der Waals surface area contributed by atoms with E-state index in [1.165, 1.54) is 6.42 Å². The molecule has 18 heavy (non-hydrogen) atoms. The van der Waals surface area contributed by atoms with Gasteiger partial charge in [0.15, 0.2) is 0 Å². The lowest BCUT2D eigenvalue weighted by Crippen LogP contribution is -2.49. The summed E-state index contributed by atoms with van der Waals surface area (Å²) in [5.41, 5.74) is 0.675. The van der Waals surface area contributed by atoms with Gasteiger partial charge in [0.25, 0.3) is 0 Å². The van der Waals surface area contributed by atoms with Crippen LogP contribution < -0.4 is 5.32 Å². The number of hydrogen-bond donors (Lipinski definition) is 1. The van der Waals surface area contributed by atoms with Crippen LogP contribution in [0.2, 0.25) is 5.02 Å². The number of carbonyl (C=O) groups is 1. The Kier molecular flexibility index (Phi) is 4.12. The van der Waals surface area contributed by atoms with Crippen LogP contribution in [0.3, 0.4) is 0 Å². The van der Waals surface area contributed by atoms with Crippen LogP contribution >= 0.6 is 11.6 Å². The number of benzene rings is 1. The average molecular weight is 267 g/mol. The highest BCUT2D eigenvalue weighted by Crippen LogP contribution is 2.25. The van der Waals surface area contributed by atoms with Gasteiger partial charge in [-0.1, -0.05) is 23.7 Å². The molecule has 3 nitrogen and oxygen atoms in total. The Hall–Kier alpha value is -1.22. The number of carbonyl (C=O) groups excluding carboxylic acids is 1. The number of nitrogens with zero attached hydrogens (tertiary/aromatic N) is 1. The average Bonchev–Trinajstić information content (AvgIpc) is 2.32. The molecule has 1 aromatic carbocycles. The van der Waals surface area contributed by atoms with Gasteiger partial charge in [0.2, 0.25) is 0 Å². The molecule has 0 bridgehead atoms. The Morgan fingerprint density at radius 3 is 2.50 bits per heavy atom. The highest BCUT2D eigenvalue weighted by molar-refractivity contribution is 6.33. The molecular formula is C14H19ClN2O. The van der Waals surface area contributed by atoms with Crippen molar-refractivity contribution in [2.24, 2.45) is 0 Å². The zero-order valence-corrected chi connectivity index (χ0v) is 11.6. The molecule has 1 saturated heterocycles. The molecule has 2 amide bonds. The number of piperidine rings is 1. The van der Waals surface area contributed by atoms with E-state index in [2.05, 4.69) is 19.2 Å². The SMILES string of the molecule is CC1CCCC(C)N1C(=O)Nc1ccccc1Cl. The van der Waals surface area contributed by atoms with E-state index in [4.69, 9.17) is 11.6 Å². The molecule has 1 N–H and O–H groups in total. The van der Waals surface area contributed by atoms with Crippen molar-refractivity contribution in [3.63, 3.8) is 0 Å². The maximum absolute atomic E-state index is 12.3. The molecule has 1 aliphatic rings. The number of amides is 2. The van der Waals surface area contributed by atoms with E-state index < -0.39 is 0 Å². The molecule has 0 aliphatic carbocycles. The molecule has 2 rings (SSSR count). The second-order valence-corrected chi connectivity index (χ2v) is 5.35. The highest BCUT2D eigenvalue weighted by Gasteiger charge is 2.29. The molecular weight excluding hydrogens is 248 g/mol. The van der Waals surface area contributed by atoms with Crippen molar-refractivity contribution in [2.75, 3.05) is 5.32 Å². The first-order valence-electron chi connectivity index (χ1n) is 6.43. The fraction of sp³-hybridized carbons (Fsp3) is 0.500. The van der Waals surface area contributed by atoms with Crippen molar-refractivity contribution in [3.05, 3.63) is 29.3 Å². The lowest BCUT2D eigenvalue weighted by Gasteiger charge is -2.38. The number of rotatable bonds is 1. The lowest BCUT2D eigenvalue weighted by atomic mass is 9.98. The normalized spacial score (nSPS) is 23.8. The van der Waals surface area contributed by atoms with E-state index in [9.17, 15) is 4.79 Å². The van der Waals surface area contributed by atoms with Gasteiger partial charge < -0.3 is 10.2 Å². The third kappa shape index (κ3) is 2.78. The molecule has 1 aromatic rings. The predicted molar refractivity (Wildman–Crippen MR) is 75.1 cm³/mol. The van der Waals surface area contributed by atoms with Gasteiger partial charge >= 0.3 is 6.03 Å². The molecule has 4 heteroatoms. The molecule has 0 aromatic heterocycles. The molecule has 0 saturated carbocycles. The van der Waals surface area contributed by atoms with Crippen LogP contribution in [0.5, 0.6) is 0 Å². The van der Waals surface area contributed by atoms with Gasteiger partial charge in [-0.05, 0) is 45.2 Å². The van der Waals surface area contributed by atoms with Crippen LogP contribution in [0, 0.1) is 0 Å². The van der Waals surface area contributed by atoms with Crippen LogP contribution in [-0.2, 0) is 0 Å². The van der Waals surface area contributed by atoms with Crippen LogP contribution in [0.1, 0.15) is 33.1 Å². The Morgan fingerprint density at radius 2 is 1.89 bits per heavy atom. The molecule has 1 fully saturated rings. The standard InChI is InChI=1S/C14H19ClN2O/c1-10-6-5-7-11(2)17(10)14(18)16-13-9-4-3-8-12(13)15/h3-4,8-11H,5-7H2,1-2H3,(H,16,18). The van der Waals surface area contributed by atoms with Crippen molar-refractivity contribution >= 4 is 23.3 Å². The minimum Gasteiger partial charge on any atom is -0.319 e. The van der Waals surface area contributed by atoms with Gasteiger partial charge in [0.05, 0.1) is 10.7 Å². The van der Waals surface area contributed by atoms with Crippen molar-refractivity contribution in [2.45, 2.75) is 45.2 Å². The van der Waals surface area contributed by atoms with Gasteiger partial charge in [0.1, 0.15) is 0 Å². The van der Waals surface area contributed by atoms with E-state index in [0.717, 1.165) is 12.8 Å². The summed E-state index contributed by atoms with van der Waals surface area (Å²) in [5.74, 6) is 0. The zero-order valence-electron chi connectivity index (χ0n) is 10.8. The zero-order chi connectivity index (χ0) is 13.1. The highest BCUT2D eigenvalue weighted by atomic mass is 35.5. The quantitative estimate of drug-likeness (QED) is 0.814. The molecule has 0 radical (unpaired) electrons. The maximum atomic E-state index is 12.3. The fourth-order valence-electron chi connectivity index (χ4n) is 2.56. The first-order valence-corrected chi connectivity index (χ1v) is 6.81. The topological polar surface area (TPSA) is 32.3 Å². The second kappa shape index (κ2) is 5.61. The number of likely N-dealkylation sites (tertiary alicyclic amines) is 1. The van der Waals surface area contributed by atoms with Crippen molar-refractivity contribution in [1.29, 1.82) is 0 Å². The van der Waals surface area contributed by atoms with Gasteiger partial charge in [0, 0.05) is 12.1 Å². The Bertz CT molecular complexity index is 426. The predicted octanol–water partition coefficient (Wildman–Crippen LogP) is 4.13. The summed E-state index contributed by atoms with van der Waals surface area (Å²) in [7, 11) is 0. The van der Waals surface area contributed by atoms with Gasteiger partial charge in [-0.2, -0.15) is 0 Å². The summed E-state index contributed by atoms with van der Waals surface area (Å²) < 4.78 is 0. The molecule has 2 unspecified atom stereocenters. The van der Waals surface area contributed by atoms with E-state index in [-0.39, 0.29) is 18.1 Å². The maximum Gasteiger partial charge on any atom is 0.322 e. The van der Waals surface area contributed by atoms with E-state index in [1.54, 1.807) is 6.07 Å². The van der Waals surface area contributed by atoms with Crippen molar-refractivity contribution in [1.82, 2.24) is 4.90 Å². The molecule has 1 aliphatic heterocycles. The van der Waals surface area contributed by atoms with E-state index in [1.807, 2.05) is 23.1 Å². The number of para-hydroxylation sites is 1. The summed E-state index contributed by atoms with van der Waals surface area (Å²) >= 11 is 6.05. The van der Waals surface area contributed by atoms with Crippen molar-refractivity contribution in [3.8, 4) is 0 Å². The van der Waals surface area contributed by atoms with Crippen LogP contribution in [0.15, 0.2) is 24.3 Å². The summed E-state index contributed by atoms with van der Waals surface area (Å²) in [6.45, 7) is 4.20. The first kappa shape index (κ1) is 13.2. The number of hydrogen-bond acceptors (Lipinski definition) is 1. The van der Waals surface area contributed by atoms with Gasteiger partial charge in [-0.3, -0.25) is 0 Å². The number of halogens is 1. The minimum absolute atomic E-state index is 0.0530. The smallest absolute Gasteiger partial charge is 0.319 e.